The number of likely N-dealkylation sites (N-methyl/N-ethyl adjacent to an activating group) is 1. The molecule has 0 aromatic carbocycles. The second-order valence-electron chi connectivity index (χ2n) is 4.32. The Balaban J connectivity index is 4.00. The van der Waals surface area contributed by atoms with Crippen LogP contribution in [0.5, 0.6) is 0 Å². The minimum Gasteiger partial charge on any atom is -0.354 e. The van der Waals surface area contributed by atoms with Crippen molar-refractivity contribution in [1.29, 1.82) is 0 Å². The second kappa shape index (κ2) is 8.88. The molecule has 0 bridgehead atoms. The van der Waals surface area contributed by atoms with Crippen molar-refractivity contribution < 1.29 is 4.79 Å². The molecule has 1 amide bonds. The number of hydrogen-bond donors (Lipinski definition) is 2. The highest BCUT2D eigenvalue weighted by molar-refractivity contribution is 8.00. The first-order valence-electron chi connectivity index (χ1n) is 6.15. The monoisotopic (exact) mass is 246 g/mol. The van der Waals surface area contributed by atoms with Gasteiger partial charge in [0.15, 0.2) is 0 Å². The van der Waals surface area contributed by atoms with E-state index in [0.717, 1.165) is 12.3 Å². The lowest BCUT2D eigenvalue weighted by atomic mass is 10.1. The van der Waals surface area contributed by atoms with Crippen molar-refractivity contribution in [2.75, 3.05) is 18.8 Å². The lowest BCUT2D eigenvalue weighted by Gasteiger charge is -2.21. The van der Waals surface area contributed by atoms with Gasteiger partial charge in [-0.15, -0.1) is 11.8 Å². The molecule has 0 aliphatic heterocycles. The van der Waals surface area contributed by atoms with Gasteiger partial charge in [-0.05, 0) is 25.1 Å². The number of rotatable bonds is 8. The summed E-state index contributed by atoms with van der Waals surface area (Å²) < 4.78 is 0. The summed E-state index contributed by atoms with van der Waals surface area (Å²) in [6.07, 6.45) is 0. The van der Waals surface area contributed by atoms with Gasteiger partial charge in [0, 0.05) is 12.6 Å². The fourth-order valence-electron chi connectivity index (χ4n) is 1.53. The molecule has 2 N–H and O–H groups in total. The minimum absolute atomic E-state index is 0.0822. The van der Waals surface area contributed by atoms with Crippen LogP contribution in [0.1, 0.15) is 34.6 Å². The summed E-state index contributed by atoms with van der Waals surface area (Å²) >= 11 is 1.73. The van der Waals surface area contributed by atoms with Gasteiger partial charge in [-0.25, -0.2) is 0 Å². The molecule has 0 spiro atoms. The maximum absolute atomic E-state index is 11.9. The smallest absolute Gasteiger partial charge is 0.233 e. The van der Waals surface area contributed by atoms with Gasteiger partial charge in [-0.1, -0.05) is 27.7 Å². The SMILES string of the molecule is CCN[C@H](C)CNC(=O)C(SCC)C(C)C. The van der Waals surface area contributed by atoms with Crippen LogP contribution in [-0.2, 0) is 4.79 Å². The van der Waals surface area contributed by atoms with Gasteiger partial charge in [-0.2, -0.15) is 0 Å². The molecule has 0 aromatic rings. The van der Waals surface area contributed by atoms with Gasteiger partial charge >= 0.3 is 0 Å². The molecule has 1 unspecified atom stereocenters. The molecule has 0 aromatic heterocycles. The Kier molecular flexibility index (Phi) is 8.76. The third-order valence-electron chi connectivity index (χ3n) is 2.35. The quantitative estimate of drug-likeness (QED) is 0.687. The van der Waals surface area contributed by atoms with Crippen molar-refractivity contribution in [2.45, 2.75) is 45.9 Å². The predicted molar refractivity (Wildman–Crippen MR) is 72.9 cm³/mol. The van der Waals surface area contributed by atoms with Crippen molar-refractivity contribution in [3.63, 3.8) is 0 Å². The zero-order valence-electron chi connectivity index (χ0n) is 11.2. The maximum Gasteiger partial charge on any atom is 0.233 e. The van der Waals surface area contributed by atoms with E-state index in [1.54, 1.807) is 11.8 Å². The van der Waals surface area contributed by atoms with Crippen LogP contribution in [0.3, 0.4) is 0 Å². The Morgan fingerprint density at radius 1 is 1.25 bits per heavy atom. The number of nitrogens with one attached hydrogen (secondary N) is 2. The average molecular weight is 246 g/mol. The molecule has 16 heavy (non-hydrogen) atoms. The van der Waals surface area contributed by atoms with E-state index in [-0.39, 0.29) is 11.2 Å². The number of thioether (sulfide) groups is 1. The minimum atomic E-state index is 0.0822. The van der Waals surface area contributed by atoms with Crippen LogP contribution in [0.25, 0.3) is 0 Å². The number of amides is 1. The van der Waals surface area contributed by atoms with Crippen molar-refractivity contribution in [3.05, 3.63) is 0 Å². The van der Waals surface area contributed by atoms with Crippen molar-refractivity contribution in [2.24, 2.45) is 5.92 Å². The van der Waals surface area contributed by atoms with E-state index in [2.05, 4.69) is 45.3 Å². The van der Waals surface area contributed by atoms with Crippen LogP contribution in [0, 0.1) is 5.92 Å². The van der Waals surface area contributed by atoms with Gasteiger partial charge in [-0.3, -0.25) is 4.79 Å². The van der Waals surface area contributed by atoms with E-state index < -0.39 is 0 Å². The normalized spacial score (nSPS) is 14.9. The summed E-state index contributed by atoms with van der Waals surface area (Å²) in [7, 11) is 0. The van der Waals surface area contributed by atoms with Crippen LogP contribution >= 0.6 is 11.8 Å². The van der Waals surface area contributed by atoms with Crippen molar-refractivity contribution in [1.82, 2.24) is 10.6 Å². The topological polar surface area (TPSA) is 41.1 Å². The van der Waals surface area contributed by atoms with Crippen LogP contribution in [0.2, 0.25) is 0 Å². The number of carbonyl (C=O) groups is 1. The predicted octanol–water partition coefficient (Wildman–Crippen LogP) is 1.88. The van der Waals surface area contributed by atoms with Crippen LogP contribution in [0.4, 0.5) is 0 Å². The Morgan fingerprint density at radius 2 is 1.88 bits per heavy atom. The zero-order chi connectivity index (χ0) is 12.6. The van der Waals surface area contributed by atoms with Gasteiger partial charge in [0.25, 0.3) is 0 Å². The van der Waals surface area contributed by atoms with Gasteiger partial charge in [0.1, 0.15) is 0 Å². The third-order valence-corrected chi connectivity index (χ3v) is 3.80. The summed E-state index contributed by atoms with van der Waals surface area (Å²) in [5.41, 5.74) is 0. The zero-order valence-corrected chi connectivity index (χ0v) is 12.0. The summed E-state index contributed by atoms with van der Waals surface area (Å²) in [6.45, 7) is 12.1. The fraction of sp³-hybridized carbons (Fsp3) is 0.917. The van der Waals surface area contributed by atoms with E-state index in [0.29, 0.717) is 18.5 Å². The Hall–Kier alpha value is -0.220. The van der Waals surface area contributed by atoms with Crippen LogP contribution in [-0.4, -0.2) is 36.0 Å². The molecule has 0 heterocycles. The molecular weight excluding hydrogens is 220 g/mol. The number of carbonyl (C=O) groups excluding carboxylic acids is 1. The first-order valence-corrected chi connectivity index (χ1v) is 7.20. The standard InChI is InChI=1S/C12H26N2OS/c1-6-13-10(5)8-14-12(15)11(9(3)4)16-7-2/h9-11,13H,6-8H2,1-5H3,(H,14,15)/t10-,11?/m1/s1. The molecule has 0 fully saturated rings. The molecule has 0 aliphatic carbocycles. The Bertz CT molecular complexity index is 197. The van der Waals surface area contributed by atoms with Crippen molar-refractivity contribution >= 4 is 17.7 Å². The second-order valence-corrected chi connectivity index (χ2v) is 5.74. The van der Waals surface area contributed by atoms with Crippen LogP contribution < -0.4 is 10.6 Å². The highest BCUT2D eigenvalue weighted by Gasteiger charge is 2.21. The third kappa shape index (κ3) is 6.38. The maximum atomic E-state index is 11.9. The van der Waals surface area contributed by atoms with Crippen LogP contribution in [0.15, 0.2) is 0 Å². The highest BCUT2D eigenvalue weighted by Crippen LogP contribution is 2.19. The molecule has 4 heteroatoms. The molecule has 0 radical (unpaired) electrons. The van der Waals surface area contributed by atoms with E-state index in [9.17, 15) is 4.79 Å². The van der Waals surface area contributed by atoms with Crippen molar-refractivity contribution in [3.8, 4) is 0 Å². The largest absolute Gasteiger partial charge is 0.354 e. The van der Waals surface area contributed by atoms with Gasteiger partial charge in [0.2, 0.25) is 5.91 Å². The molecule has 0 saturated carbocycles. The highest BCUT2D eigenvalue weighted by atomic mass is 32.2. The summed E-state index contributed by atoms with van der Waals surface area (Å²) in [5, 5.41) is 6.37. The molecule has 0 rings (SSSR count). The lowest BCUT2D eigenvalue weighted by Crippen LogP contribution is -2.43. The molecule has 96 valence electrons. The molecule has 0 saturated heterocycles. The first-order chi connectivity index (χ1) is 7.52. The van der Waals surface area contributed by atoms with Gasteiger partial charge < -0.3 is 10.6 Å². The van der Waals surface area contributed by atoms with Gasteiger partial charge in [0.05, 0.1) is 5.25 Å². The average Bonchev–Trinajstić information content (AvgIpc) is 2.22. The summed E-state index contributed by atoms with van der Waals surface area (Å²) in [6, 6.07) is 0.341. The Labute approximate surface area is 104 Å². The summed E-state index contributed by atoms with van der Waals surface area (Å²) in [5.74, 6) is 1.55. The molecule has 0 aliphatic rings. The van der Waals surface area contributed by atoms with E-state index in [1.165, 1.54) is 0 Å². The Morgan fingerprint density at radius 3 is 2.31 bits per heavy atom. The molecular formula is C12H26N2OS. The van der Waals surface area contributed by atoms with E-state index >= 15 is 0 Å². The van der Waals surface area contributed by atoms with E-state index in [1.807, 2.05) is 0 Å². The van der Waals surface area contributed by atoms with E-state index in [4.69, 9.17) is 0 Å². The summed E-state index contributed by atoms with van der Waals surface area (Å²) in [4.78, 5) is 11.9. The molecule has 3 nitrogen and oxygen atoms in total. The lowest BCUT2D eigenvalue weighted by molar-refractivity contribution is -0.121. The number of hydrogen-bond acceptors (Lipinski definition) is 3. The molecule has 2 atom stereocenters. The fourth-order valence-corrected chi connectivity index (χ4v) is 2.50. The first kappa shape index (κ1) is 15.8.